The molecule has 5 rings (SSSR count). The lowest BCUT2D eigenvalue weighted by molar-refractivity contribution is -0.125. The number of benzene rings is 2. The van der Waals surface area contributed by atoms with Crippen molar-refractivity contribution in [2.45, 2.75) is 25.7 Å². The van der Waals surface area contributed by atoms with E-state index in [0.717, 1.165) is 54.5 Å². The Morgan fingerprint density at radius 3 is 2.84 bits per heavy atom. The van der Waals surface area contributed by atoms with E-state index in [1.54, 1.807) is 6.33 Å². The number of furan rings is 1. The maximum Gasteiger partial charge on any atom is 0.224 e. The summed E-state index contributed by atoms with van der Waals surface area (Å²) in [7, 11) is 0. The molecule has 6 nitrogen and oxygen atoms in total. The molecule has 0 aliphatic carbocycles. The fourth-order valence-electron chi connectivity index (χ4n) is 4.41. The third-order valence-electron chi connectivity index (χ3n) is 6.02. The van der Waals surface area contributed by atoms with Gasteiger partial charge in [0.1, 0.15) is 17.4 Å². The van der Waals surface area contributed by atoms with Gasteiger partial charge < -0.3 is 14.6 Å². The zero-order valence-electron chi connectivity index (χ0n) is 17.5. The highest BCUT2D eigenvalue weighted by Crippen LogP contribution is 2.33. The molecule has 0 spiro atoms. The number of rotatable bonds is 6. The lowest BCUT2D eigenvalue weighted by atomic mass is 9.97. The minimum atomic E-state index is -0.0418. The van der Waals surface area contributed by atoms with Crippen molar-refractivity contribution in [3.05, 3.63) is 66.5 Å². The van der Waals surface area contributed by atoms with Gasteiger partial charge in [-0.1, -0.05) is 42.5 Å². The summed E-state index contributed by atoms with van der Waals surface area (Å²) < 4.78 is 6.09. The van der Waals surface area contributed by atoms with Gasteiger partial charge >= 0.3 is 0 Å². The second-order valence-electron chi connectivity index (χ2n) is 8.14. The first-order valence-electron chi connectivity index (χ1n) is 11.0. The van der Waals surface area contributed by atoms with Crippen molar-refractivity contribution in [1.82, 2.24) is 15.3 Å². The number of aromatic nitrogens is 2. The smallest absolute Gasteiger partial charge is 0.224 e. The van der Waals surface area contributed by atoms with Crippen LogP contribution in [0.15, 0.2) is 65.3 Å². The molecule has 1 N–H and O–H groups in total. The molecule has 0 radical (unpaired) electrons. The predicted octanol–water partition coefficient (Wildman–Crippen LogP) is 4.34. The van der Waals surface area contributed by atoms with E-state index in [1.807, 2.05) is 30.3 Å². The summed E-state index contributed by atoms with van der Waals surface area (Å²) in [6.45, 7) is 2.21. The molecule has 1 amide bonds. The summed E-state index contributed by atoms with van der Waals surface area (Å²) in [5.74, 6) is 0.871. The van der Waals surface area contributed by atoms with E-state index in [1.165, 1.54) is 5.56 Å². The number of carbonyl (C=O) groups is 1. The lowest BCUT2D eigenvalue weighted by Gasteiger charge is -2.32. The topological polar surface area (TPSA) is 71.3 Å². The number of anilines is 1. The molecule has 1 saturated heterocycles. The number of fused-ring (bicyclic) bond motifs is 3. The highest BCUT2D eigenvalue weighted by Gasteiger charge is 2.28. The molecule has 1 aliphatic rings. The Labute approximate surface area is 181 Å². The molecule has 0 bridgehead atoms. The van der Waals surface area contributed by atoms with Crippen molar-refractivity contribution >= 4 is 33.8 Å². The van der Waals surface area contributed by atoms with Crippen LogP contribution in [0.1, 0.15) is 24.8 Å². The SMILES string of the molecule is O=C(NCCCc1ccccc1)[C@@H]1CCCN(c2ncnc3c2oc2ccccc23)C1. The van der Waals surface area contributed by atoms with Gasteiger partial charge in [0.15, 0.2) is 11.4 Å². The van der Waals surface area contributed by atoms with E-state index < -0.39 is 0 Å². The zero-order valence-corrected chi connectivity index (χ0v) is 17.5. The molecule has 3 heterocycles. The highest BCUT2D eigenvalue weighted by molar-refractivity contribution is 6.05. The Balaban J connectivity index is 1.24. The van der Waals surface area contributed by atoms with Crippen molar-refractivity contribution in [2.24, 2.45) is 5.92 Å². The van der Waals surface area contributed by atoms with Crippen LogP contribution in [-0.4, -0.2) is 35.5 Å². The lowest BCUT2D eigenvalue weighted by Crippen LogP contribution is -2.43. The van der Waals surface area contributed by atoms with Crippen molar-refractivity contribution < 1.29 is 9.21 Å². The first kappa shape index (κ1) is 19.5. The first-order valence-corrected chi connectivity index (χ1v) is 11.0. The molecule has 0 unspecified atom stereocenters. The third kappa shape index (κ3) is 4.10. The second-order valence-corrected chi connectivity index (χ2v) is 8.14. The van der Waals surface area contributed by atoms with Gasteiger partial charge in [0.05, 0.1) is 5.92 Å². The number of hydrogen-bond donors (Lipinski definition) is 1. The Kier molecular flexibility index (Phi) is 5.52. The quantitative estimate of drug-likeness (QED) is 0.475. The maximum atomic E-state index is 12.8. The largest absolute Gasteiger partial charge is 0.450 e. The van der Waals surface area contributed by atoms with E-state index in [4.69, 9.17) is 4.42 Å². The summed E-state index contributed by atoms with van der Waals surface area (Å²) >= 11 is 0. The van der Waals surface area contributed by atoms with E-state index in [-0.39, 0.29) is 11.8 Å². The average Bonchev–Trinajstić information content (AvgIpc) is 3.21. The Bertz CT molecular complexity index is 1190. The average molecular weight is 415 g/mol. The van der Waals surface area contributed by atoms with Gasteiger partial charge in [-0.25, -0.2) is 9.97 Å². The number of nitrogens with one attached hydrogen (secondary N) is 1. The van der Waals surface area contributed by atoms with E-state index in [9.17, 15) is 4.79 Å². The van der Waals surface area contributed by atoms with Gasteiger partial charge in [-0.05, 0) is 43.4 Å². The van der Waals surface area contributed by atoms with Crippen molar-refractivity contribution in [1.29, 1.82) is 0 Å². The van der Waals surface area contributed by atoms with E-state index >= 15 is 0 Å². The number of piperidine rings is 1. The molecule has 1 fully saturated rings. The van der Waals surface area contributed by atoms with Gasteiger partial charge in [0.25, 0.3) is 0 Å². The van der Waals surface area contributed by atoms with Gasteiger partial charge in [-0.3, -0.25) is 4.79 Å². The van der Waals surface area contributed by atoms with Crippen LogP contribution < -0.4 is 10.2 Å². The van der Waals surface area contributed by atoms with Crippen LogP contribution in [0.25, 0.3) is 22.1 Å². The number of para-hydroxylation sites is 1. The fraction of sp³-hybridized carbons (Fsp3) is 0.320. The van der Waals surface area contributed by atoms with Gasteiger partial charge in [0.2, 0.25) is 5.91 Å². The maximum absolute atomic E-state index is 12.8. The number of amides is 1. The molecular formula is C25H26N4O2. The normalized spacial score (nSPS) is 16.6. The van der Waals surface area contributed by atoms with Crippen LogP contribution in [0.2, 0.25) is 0 Å². The Morgan fingerprint density at radius 2 is 1.94 bits per heavy atom. The van der Waals surface area contributed by atoms with Crippen LogP contribution in [0.5, 0.6) is 0 Å². The number of hydrogen-bond acceptors (Lipinski definition) is 5. The Hall–Kier alpha value is -3.41. The molecular weight excluding hydrogens is 388 g/mol. The number of carbonyl (C=O) groups excluding carboxylic acids is 1. The summed E-state index contributed by atoms with van der Waals surface area (Å²) in [6, 6.07) is 18.3. The second kappa shape index (κ2) is 8.76. The summed E-state index contributed by atoms with van der Waals surface area (Å²) in [5, 5.41) is 4.12. The van der Waals surface area contributed by atoms with Crippen molar-refractivity contribution in [3.8, 4) is 0 Å². The summed E-state index contributed by atoms with van der Waals surface area (Å²) in [4.78, 5) is 23.9. The molecule has 1 atom stereocenters. The number of aryl methyl sites for hydroxylation is 1. The van der Waals surface area contributed by atoms with Crippen LogP contribution in [0.4, 0.5) is 5.82 Å². The van der Waals surface area contributed by atoms with Crippen LogP contribution >= 0.6 is 0 Å². The Morgan fingerprint density at radius 1 is 1.10 bits per heavy atom. The van der Waals surface area contributed by atoms with Crippen molar-refractivity contribution in [3.63, 3.8) is 0 Å². The standard InChI is InChI=1S/C25H26N4O2/c30-25(26-14-6-10-18-8-2-1-3-9-18)19-11-7-15-29(16-19)24-23-22(27-17-28-24)20-12-4-5-13-21(20)31-23/h1-5,8-9,12-13,17,19H,6-7,10-11,14-16H2,(H,26,30)/t19-/m1/s1. The minimum Gasteiger partial charge on any atom is -0.450 e. The monoisotopic (exact) mass is 414 g/mol. The van der Waals surface area contributed by atoms with Crippen LogP contribution in [-0.2, 0) is 11.2 Å². The van der Waals surface area contributed by atoms with Gasteiger partial charge in [0, 0.05) is 25.0 Å². The molecule has 1 aliphatic heterocycles. The molecule has 31 heavy (non-hydrogen) atoms. The summed E-state index contributed by atoms with van der Waals surface area (Å²) in [6.07, 6.45) is 5.36. The molecule has 158 valence electrons. The third-order valence-corrected chi connectivity index (χ3v) is 6.02. The molecule has 0 saturated carbocycles. The van der Waals surface area contributed by atoms with Crippen LogP contribution in [0.3, 0.4) is 0 Å². The minimum absolute atomic E-state index is 0.0418. The van der Waals surface area contributed by atoms with Gasteiger partial charge in [-0.2, -0.15) is 0 Å². The van der Waals surface area contributed by atoms with Crippen molar-refractivity contribution in [2.75, 3.05) is 24.5 Å². The fourth-order valence-corrected chi connectivity index (χ4v) is 4.41. The summed E-state index contributed by atoms with van der Waals surface area (Å²) in [5.41, 5.74) is 3.64. The zero-order chi connectivity index (χ0) is 21.0. The van der Waals surface area contributed by atoms with E-state index in [0.29, 0.717) is 18.7 Å². The highest BCUT2D eigenvalue weighted by atomic mass is 16.3. The molecule has 2 aromatic carbocycles. The van der Waals surface area contributed by atoms with Crippen LogP contribution in [0, 0.1) is 5.92 Å². The predicted molar refractivity (Wildman–Crippen MR) is 122 cm³/mol. The van der Waals surface area contributed by atoms with E-state index in [2.05, 4.69) is 44.5 Å². The molecule has 4 aromatic rings. The first-order chi connectivity index (χ1) is 15.3. The molecule has 2 aromatic heterocycles. The van der Waals surface area contributed by atoms with Gasteiger partial charge in [-0.15, -0.1) is 0 Å². The molecule has 6 heteroatoms. The number of nitrogens with zero attached hydrogens (tertiary/aromatic N) is 3.